The van der Waals surface area contributed by atoms with Gasteiger partial charge in [0.2, 0.25) is 11.8 Å². The van der Waals surface area contributed by atoms with E-state index in [1.54, 1.807) is 6.07 Å². The van der Waals surface area contributed by atoms with E-state index in [0.717, 1.165) is 9.13 Å². The number of halogens is 2. The molecule has 0 unspecified atom stereocenters. The molecule has 0 aliphatic rings. The Balaban J connectivity index is 1.96. The van der Waals surface area contributed by atoms with Crippen molar-refractivity contribution in [3.63, 3.8) is 0 Å². The molecule has 2 aromatic carbocycles. The molecule has 0 bridgehead atoms. The van der Waals surface area contributed by atoms with E-state index < -0.39 is 33.7 Å². The predicted octanol–water partition coefficient (Wildman–Crippen LogP) is 4.61. The molecule has 0 fully saturated rings. The molecule has 16 heteroatoms. The van der Waals surface area contributed by atoms with Gasteiger partial charge in [0.25, 0.3) is 16.8 Å². The quantitative estimate of drug-likeness (QED) is 0.166. The second kappa shape index (κ2) is 11.7. The molecule has 2 aromatic heterocycles. The van der Waals surface area contributed by atoms with Crippen LogP contribution in [0.1, 0.15) is 28.2 Å². The van der Waals surface area contributed by atoms with Gasteiger partial charge in [0.15, 0.2) is 15.3 Å². The summed E-state index contributed by atoms with van der Waals surface area (Å²) in [7, 11) is 5.68. The van der Waals surface area contributed by atoms with Crippen LogP contribution in [0.3, 0.4) is 0 Å². The molecule has 0 saturated heterocycles. The van der Waals surface area contributed by atoms with Gasteiger partial charge in [-0.25, -0.2) is 0 Å². The van der Waals surface area contributed by atoms with E-state index in [9.17, 15) is 29.9 Å². The minimum absolute atomic E-state index is 0.00421. The number of hydrogen-bond acceptors (Lipinski definition) is 9. The van der Waals surface area contributed by atoms with E-state index in [-0.39, 0.29) is 54.3 Å². The zero-order valence-electron chi connectivity index (χ0n) is 22.5. The van der Waals surface area contributed by atoms with Gasteiger partial charge in [-0.15, -0.1) is 0 Å². The number of ether oxygens (including phenoxy) is 1. The zero-order valence-corrected chi connectivity index (χ0v) is 25.6. The van der Waals surface area contributed by atoms with Crippen LogP contribution in [0.25, 0.3) is 0 Å². The number of non-ortho nitro benzene ring substituents is 1. The molecule has 2 heterocycles. The second-order valence-corrected chi connectivity index (χ2v) is 10.9. The number of aromatic hydroxyl groups is 2. The maximum atomic E-state index is 13.5. The first-order valence-electron chi connectivity index (χ1n) is 12.0. The number of rotatable bonds is 7. The number of benzene rings is 2. The van der Waals surface area contributed by atoms with Gasteiger partial charge >= 0.3 is 0 Å². The third-order valence-corrected chi connectivity index (χ3v) is 8.43. The maximum absolute atomic E-state index is 13.5. The average Bonchev–Trinajstić information content (AvgIpc) is 2.95. The largest absolute Gasteiger partial charge is 0.494 e. The van der Waals surface area contributed by atoms with Gasteiger partial charge in [-0.3, -0.25) is 38.0 Å². The molecule has 0 aliphatic carbocycles. The summed E-state index contributed by atoms with van der Waals surface area (Å²) in [6.07, 6.45) is 0. The highest BCUT2D eigenvalue weighted by Crippen LogP contribution is 2.42. The van der Waals surface area contributed by atoms with Crippen LogP contribution in [-0.4, -0.2) is 33.4 Å². The van der Waals surface area contributed by atoms with Crippen LogP contribution in [0.5, 0.6) is 17.5 Å². The Bertz CT molecular complexity index is 1910. The van der Waals surface area contributed by atoms with E-state index in [0.29, 0.717) is 5.56 Å². The van der Waals surface area contributed by atoms with Crippen LogP contribution in [0.4, 0.5) is 5.69 Å². The van der Waals surface area contributed by atoms with Gasteiger partial charge in [-0.1, -0.05) is 35.3 Å². The lowest BCUT2D eigenvalue weighted by Crippen LogP contribution is -2.33. The zero-order chi connectivity index (χ0) is 31.2. The van der Waals surface area contributed by atoms with Gasteiger partial charge in [0.05, 0.1) is 32.0 Å². The van der Waals surface area contributed by atoms with Crippen molar-refractivity contribution in [2.45, 2.75) is 12.5 Å². The first-order chi connectivity index (χ1) is 19.7. The Morgan fingerprint density at radius 1 is 0.881 bits per heavy atom. The molecule has 4 aromatic rings. The summed E-state index contributed by atoms with van der Waals surface area (Å²) in [5.74, 6) is -2.46. The lowest BCUT2D eigenvalue weighted by atomic mass is 9.86. The Hall–Kier alpha value is -3.98. The summed E-state index contributed by atoms with van der Waals surface area (Å²) in [5, 5.41) is 33.3. The fraction of sp³-hybridized carbons (Fsp3) is 0.231. The smallest absolute Gasteiger partial charge is 0.269 e. The highest BCUT2D eigenvalue weighted by Gasteiger charge is 2.33. The molecule has 0 saturated carbocycles. The molecule has 0 radical (unpaired) electrons. The van der Waals surface area contributed by atoms with Crippen LogP contribution in [0.2, 0.25) is 10.0 Å². The molecule has 42 heavy (non-hydrogen) atoms. The van der Waals surface area contributed by atoms with Crippen LogP contribution in [0, 0.1) is 19.7 Å². The van der Waals surface area contributed by atoms with Crippen molar-refractivity contribution in [2.24, 2.45) is 28.2 Å². The highest BCUT2D eigenvalue weighted by molar-refractivity contribution is 7.71. The van der Waals surface area contributed by atoms with Crippen molar-refractivity contribution < 1.29 is 19.9 Å². The van der Waals surface area contributed by atoms with Crippen molar-refractivity contribution in [3.8, 4) is 17.5 Å². The molecule has 0 atom stereocenters. The summed E-state index contributed by atoms with van der Waals surface area (Å²) in [4.78, 5) is 37.7. The van der Waals surface area contributed by atoms with Crippen LogP contribution < -0.4 is 15.9 Å². The molecule has 0 aliphatic heterocycles. The summed E-state index contributed by atoms with van der Waals surface area (Å²) in [6, 6.07) is 8.57. The van der Waals surface area contributed by atoms with E-state index in [2.05, 4.69) is 0 Å². The SMILES string of the molecule is Cn1c(O)c(C(c2cc(Cl)c(OCc3cccc([N+](=O)[O-])c3)c(Cl)c2)c2c(O)n(C)c(=S)n(C)c2=O)c(=O)n(C)c1=S. The van der Waals surface area contributed by atoms with Crippen molar-refractivity contribution in [1.82, 2.24) is 18.3 Å². The predicted molar refractivity (Wildman–Crippen MR) is 161 cm³/mol. The number of nitro groups is 1. The average molecular weight is 653 g/mol. The first-order valence-corrected chi connectivity index (χ1v) is 13.6. The number of nitro benzene ring substituents is 1. The lowest BCUT2D eigenvalue weighted by molar-refractivity contribution is -0.384. The fourth-order valence-corrected chi connectivity index (χ4v) is 5.45. The van der Waals surface area contributed by atoms with Crippen molar-refractivity contribution in [1.29, 1.82) is 0 Å². The second-order valence-electron chi connectivity index (χ2n) is 9.35. The van der Waals surface area contributed by atoms with Crippen LogP contribution >= 0.6 is 47.6 Å². The van der Waals surface area contributed by atoms with Gasteiger partial charge in [-0.05, 0) is 47.7 Å². The molecule has 12 nitrogen and oxygen atoms in total. The van der Waals surface area contributed by atoms with Gasteiger partial charge in [-0.2, -0.15) is 0 Å². The Kier molecular flexibility index (Phi) is 8.64. The normalized spacial score (nSPS) is 11.2. The van der Waals surface area contributed by atoms with Crippen LogP contribution in [-0.2, 0) is 34.8 Å². The van der Waals surface area contributed by atoms with Crippen molar-refractivity contribution in [2.75, 3.05) is 0 Å². The van der Waals surface area contributed by atoms with E-state index >= 15 is 0 Å². The van der Waals surface area contributed by atoms with Crippen molar-refractivity contribution in [3.05, 3.63) is 109 Å². The molecule has 2 N–H and O–H groups in total. The maximum Gasteiger partial charge on any atom is 0.269 e. The lowest BCUT2D eigenvalue weighted by Gasteiger charge is -2.24. The van der Waals surface area contributed by atoms with Gasteiger partial charge in [0.1, 0.15) is 6.61 Å². The molecular weight excluding hydrogens is 629 g/mol. The van der Waals surface area contributed by atoms with E-state index in [1.807, 2.05) is 0 Å². The number of nitrogens with zero attached hydrogens (tertiary/aromatic N) is 5. The Morgan fingerprint density at radius 2 is 1.36 bits per heavy atom. The Labute approximate surface area is 258 Å². The third-order valence-electron chi connectivity index (χ3n) is 6.77. The number of aromatic nitrogens is 4. The monoisotopic (exact) mass is 651 g/mol. The molecule has 0 amide bonds. The highest BCUT2D eigenvalue weighted by atomic mass is 35.5. The van der Waals surface area contributed by atoms with Gasteiger partial charge < -0.3 is 14.9 Å². The van der Waals surface area contributed by atoms with E-state index in [1.165, 1.54) is 67.7 Å². The summed E-state index contributed by atoms with van der Waals surface area (Å²) in [6.45, 7) is -0.112. The number of hydrogen-bond donors (Lipinski definition) is 2. The van der Waals surface area contributed by atoms with E-state index in [4.69, 9.17) is 52.4 Å². The first kappa shape index (κ1) is 31.0. The fourth-order valence-electron chi connectivity index (χ4n) is 4.50. The summed E-state index contributed by atoms with van der Waals surface area (Å²) >= 11 is 23.7. The molecule has 220 valence electrons. The topological polar surface area (TPSA) is 147 Å². The molecule has 4 rings (SSSR count). The standard InChI is InChI=1S/C26H23Cl2N5O7S2/c1-29-21(34)18(22(35)30(2)25(29)41)17(19-23(36)31(3)26(42)32(4)24(19)37)13-9-15(27)20(16(28)10-13)40-11-12-6-5-7-14(8-12)33(38)39/h5-10,17,34,36H,11H2,1-4H3. The molecular formula is C26H23Cl2N5O7S2. The minimum Gasteiger partial charge on any atom is -0.494 e. The minimum atomic E-state index is -1.40. The summed E-state index contributed by atoms with van der Waals surface area (Å²) < 4.78 is 10.4. The van der Waals surface area contributed by atoms with Crippen LogP contribution in [0.15, 0.2) is 46.0 Å². The summed E-state index contributed by atoms with van der Waals surface area (Å²) in [5.41, 5.74) is -1.51. The van der Waals surface area contributed by atoms with Crippen molar-refractivity contribution >= 4 is 53.3 Å². The Morgan fingerprint density at radius 3 is 1.81 bits per heavy atom. The van der Waals surface area contributed by atoms with Gasteiger partial charge in [0, 0.05) is 40.3 Å². The molecule has 0 spiro atoms. The third kappa shape index (κ3) is 5.33.